The van der Waals surface area contributed by atoms with Crippen LogP contribution >= 0.6 is 0 Å². The lowest BCUT2D eigenvalue weighted by Crippen LogP contribution is -1.93. The van der Waals surface area contributed by atoms with Crippen LogP contribution in [-0.2, 0) is 0 Å². The lowest BCUT2D eigenvalue weighted by molar-refractivity contribution is 0.106. The molecule has 0 spiro atoms. The molecule has 0 amide bonds. The molecule has 7 heavy (non-hydrogen) atoms. The van der Waals surface area contributed by atoms with Crippen molar-refractivity contribution in [2.24, 2.45) is 0 Å². The summed E-state index contributed by atoms with van der Waals surface area (Å²) in [6.07, 6.45) is 0. The average molecular weight is 100 g/mol. The number of nitrogens with zero attached hydrogens (tertiary/aromatic N) is 4. The molecule has 1 aromatic heterocycles. The van der Waals surface area contributed by atoms with Crippen LogP contribution in [0.2, 0.25) is 0 Å². The van der Waals surface area contributed by atoms with Crippen LogP contribution < -0.4 is 0 Å². The summed E-state index contributed by atoms with van der Waals surface area (Å²) >= 11 is 0. The molecule has 0 bridgehead atoms. The van der Waals surface area contributed by atoms with Crippen molar-refractivity contribution in [3.8, 4) is 0 Å². The van der Waals surface area contributed by atoms with Gasteiger partial charge in [0.05, 0.1) is 0 Å². The molecule has 38 valence electrons. The number of rotatable bonds is 0. The number of aryl methyl sites for hydroxylation is 1. The maximum Gasteiger partial charge on any atom is 0.175 e. The first-order chi connectivity index (χ1) is 3.29. The fourth-order valence-electron chi connectivity index (χ4n) is 0.274. The van der Waals surface area contributed by atoms with Crippen molar-refractivity contribution in [2.45, 2.75) is 6.92 Å². The van der Waals surface area contributed by atoms with E-state index in [0.717, 1.165) is 0 Å². The lowest BCUT2D eigenvalue weighted by Gasteiger charge is -1.72. The van der Waals surface area contributed by atoms with Crippen LogP contribution in [0.3, 0.4) is 0 Å². The summed E-state index contributed by atoms with van der Waals surface area (Å²) in [7, 11) is 0. The Morgan fingerprint density at radius 2 is 2.43 bits per heavy atom. The van der Waals surface area contributed by atoms with Gasteiger partial charge in [-0.1, -0.05) is 5.10 Å². The molecule has 0 aliphatic carbocycles. The van der Waals surface area contributed by atoms with Crippen LogP contribution in [-0.4, -0.2) is 25.6 Å². The Morgan fingerprint density at radius 1 is 1.71 bits per heavy atom. The summed E-state index contributed by atoms with van der Waals surface area (Å²) in [6.45, 7) is 1.64. The molecule has 0 saturated carbocycles. The summed E-state index contributed by atoms with van der Waals surface area (Å²) in [5.74, 6) is 0.461. The van der Waals surface area contributed by atoms with Gasteiger partial charge in [0.1, 0.15) is 0 Å². The van der Waals surface area contributed by atoms with Crippen LogP contribution in [0.1, 0.15) is 5.82 Å². The molecule has 1 aromatic rings. The van der Waals surface area contributed by atoms with Crippen LogP contribution in [0.4, 0.5) is 0 Å². The summed E-state index contributed by atoms with van der Waals surface area (Å²) in [5, 5.41) is 18.1. The van der Waals surface area contributed by atoms with E-state index in [4.69, 9.17) is 5.21 Å². The van der Waals surface area contributed by atoms with Gasteiger partial charge < -0.3 is 5.21 Å². The normalized spacial score (nSPS) is 9.29. The minimum absolute atomic E-state index is 0.426. The molecule has 5 nitrogen and oxygen atoms in total. The van der Waals surface area contributed by atoms with Gasteiger partial charge in [-0.15, -0.1) is 5.10 Å². The van der Waals surface area contributed by atoms with Crippen molar-refractivity contribution >= 4 is 0 Å². The summed E-state index contributed by atoms with van der Waals surface area (Å²) in [6, 6.07) is 0. The van der Waals surface area contributed by atoms with E-state index >= 15 is 0 Å². The van der Waals surface area contributed by atoms with E-state index in [2.05, 4.69) is 15.4 Å². The summed E-state index contributed by atoms with van der Waals surface area (Å²) in [5.41, 5.74) is 0. The van der Waals surface area contributed by atoms with Crippen molar-refractivity contribution in [3.63, 3.8) is 0 Å². The zero-order valence-corrected chi connectivity index (χ0v) is 3.74. The molecule has 0 aromatic carbocycles. The zero-order valence-electron chi connectivity index (χ0n) is 3.74. The van der Waals surface area contributed by atoms with Crippen LogP contribution in [0, 0.1) is 6.92 Å². The van der Waals surface area contributed by atoms with E-state index in [0.29, 0.717) is 10.8 Å². The van der Waals surface area contributed by atoms with Gasteiger partial charge in [-0.05, 0) is 12.1 Å². The first-order valence-corrected chi connectivity index (χ1v) is 1.75. The van der Waals surface area contributed by atoms with E-state index in [9.17, 15) is 0 Å². The zero-order chi connectivity index (χ0) is 5.28. The monoisotopic (exact) mass is 100 g/mol. The molecular formula is C2H4N4O. The highest BCUT2D eigenvalue weighted by Gasteiger charge is 1.87. The SMILES string of the molecule is Cc1nnn(O)n1. The van der Waals surface area contributed by atoms with Crippen molar-refractivity contribution in [1.82, 2.24) is 20.4 Å². The predicted octanol–water partition coefficient (Wildman–Crippen LogP) is -0.781. The molecule has 0 unspecified atom stereocenters. The summed E-state index contributed by atoms with van der Waals surface area (Å²) < 4.78 is 0. The second-order valence-corrected chi connectivity index (χ2v) is 1.10. The standard InChI is InChI=1S/C2H4N4O/c1-2-3-5-6(7)4-2/h7H,1H3. The van der Waals surface area contributed by atoms with E-state index in [1.807, 2.05) is 0 Å². The highest BCUT2D eigenvalue weighted by molar-refractivity contribution is 4.64. The molecule has 0 aliphatic rings. The molecule has 1 N–H and O–H groups in total. The van der Waals surface area contributed by atoms with Crippen LogP contribution in [0.15, 0.2) is 0 Å². The Bertz CT molecular complexity index is 142. The third-order valence-electron chi connectivity index (χ3n) is 0.504. The molecular weight excluding hydrogens is 96.0 g/mol. The molecule has 1 rings (SSSR count). The Labute approximate surface area is 39.5 Å². The van der Waals surface area contributed by atoms with Crippen molar-refractivity contribution in [3.05, 3.63) is 5.82 Å². The minimum atomic E-state index is 0.426. The lowest BCUT2D eigenvalue weighted by atomic mass is 10.8. The molecule has 0 saturated heterocycles. The highest BCUT2D eigenvalue weighted by atomic mass is 16.5. The van der Waals surface area contributed by atoms with Gasteiger partial charge in [-0.3, -0.25) is 0 Å². The molecule has 1 heterocycles. The summed E-state index contributed by atoms with van der Waals surface area (Å²) in [4.78, 5) is 0.426. The third-order valence-corrected chi connectivity index (χ3v) is 0.504. The maximum atomic E-state index is 8.28. The van der Waals surface area contributed by atoms with Gasteiger partial charge >= 0.3 is 0 Å². The van der Waals surface area contributed by atoms with E-state index in [1.54, 1.807) is 6.92 Å². The van der Waals surface area contributed by atoms with Gasteiger partial charge in [0.15, 0.2) is 5.82 Å². The van der Waals surface area contributed by atoms with E-state index in [-0.39, 0.29) is 0 Å². The Morgan fingerprint density at radius 3 is 2.57 bits per heavy atom. The maximum absolute atomic E-state index is 8.28. The largest absolute Gasteiger partial charge is 0.395 e. The van der Waals surface area contributed by atoms with Gasteiger partial charge in [-0.25, -0.2) is 0 Å². The van der Waals surface area contributed by atoms with Crippen molar-refractivity contribution in [2.75, 3.05) is 0 Å². The van der Waals surface area contributed by atoms with E-state index in [1.165, 1.54) is 0 Å². The molecule has 5 heteroatoms. The quantitative estimate of drug-likeness (QED) is 0.434. The number of aromatic nitrogens is 4. The second kappa shape index (κ2) is 1.18. The molecule has 0 radical (unpaired) electrons. The van der Waals surface area contributed by atoms with Gasteiger partial charge in [-0.2, -0.15) is 0 Å². The van der Waals surface area contributed by atoms with Crippen molar-refractivity contribution in [1.29, 1.82) is 0 Å². The smallest absolute Gasteiger partial charge is 0.175 e. The third kappa shape index (κ3) is 0.648. The topological polar surface area (TPSA) is 63.8 Å². The number of hydrogen-bond acceptors (Lipinski definition) is 4. The Hall–Kier alpha value is -1.13. The molecule has 0 atom stereocenters. The Balaban J connectivity index is 3.04. The second-order valence-electron chi connectivity index (χ2n) is 1.10. The average Bonchev–Trinajstić information content (AvgIpc) is 1.87. The van der Waals surface area contributed by atoms with Crippen LogP contribution in [0.25, 0.3) is 0 Å². The molecule has 0 aliphatic heterocycles. The van der Waals surface area contributed by atoms with Gasteiger partial charge in [0.25, 0.3) is 0 Å². The number of hydrogen-bond donors (Lipinski definition) is 1. The van der Waals surface area contributed by atoms with Gasteiger partial charge in [0.2, 0.25) is 0 Å². The Kier molecular flexibility index (Phi) is 0.680. The van der Waals surface area contributed by atoms with Crippen LogP contribution in [0.5, 0.6) is 0 Å². The first kappa shape index (κ1) is 4.04. The van der Waals surface area contributed by atoms with Gasteiger partial charge in [0, 0.05) is 4.96 Å². The fourth-order valence-corrected chi connectivity index (χ4v) is 0.274. The fraction of sp³-hybridized carbons (Fsp3) is 0.500. The van der Waals surface area contributed by atoms with Crippen molar-refractivity contribution < 1.29 is 5.21 Å². The minimum Gasteiger partial charge on any atom is -0.395 e. The highest BCUT2D eigenvalue weighted by Crippen LogP contribution is 1.73. The van der Waals surface area contributed by atoms with E-state index < -0.39 is 0 Å². The number of tetrazole rings is 1. The molecule has 0 fully saturated rings. The first-order valence-electron chi connectivity index (χ1n) is 1.75. The predicted molar refractivity (Wildman–Crippen MR) is 19.7 cm³/mol.